The second-order valence-electron chi connectivity index (χ2n) is 9.51. The first-order valence-electron chi connectivity index (χ1n) is 12.2. The van der Waals surface area contributed by atoms with Gasteiger partial charge in [0.1, 0.15) is 0 Å². The van der Waals surface area contributed by atoms with Crippen LogP contribution in [0.1, 0.15) is 42.0 Å². The van der Waals surface area contributed by atoms with E-state index in [0.717, 1.165) is 6.42 Å². The van der Waals surface area contributed by atoms with E-state index in [-0.39, 0.29) is 6.85 Å². The van der Waals surface area contributed by atoms with Crippen molar-refractivity contribution in [3.05, 3.63) is 101 Å². The first-order chi connectivity index (χ1) is 16.1. The number of hydrogen-bond donors (Lipinski definition) is 1. The Balaban J connectivity index is 1.76. The number of hydrogen-bond acceptors (Lipinski definition) is 1. The van der Waals surface area contributed by atoms with E-state index < -0.39 is 0 Å². The molecule has 164 valence electrons. The normalized spacial score (nSPS) is 12.2. The lowest BCUT2D eigenvalue weighted by Gasteiger charge is -2.32. The van der Waals surface area contributed by atoms with E-state index in [2.05, 4.69) is 112 Å². The van der Waals surface area contributed by atoms with Gasteiger partial charge in [-0.15, -0.1) is 0 Å². The minimum absolute atomic E-state index is 0.137. The van der Waals surface area contributed by atoms with Gasteiger partial charge < -0.3 is 5.23 Å². The van der Waals surface area contributed by atoms with Crippen LogP contribution in [-0.2, 0) is 6.42 Å². The van der Waals surface area contributed by atoms with Crippen molar-refractivity contribution in [2.24, 2.45) is 0 Å². The van der Waals surface area contributed by atoms with E-state index >= 15 is 0 Å². The molecule has 0 saturated carbocycles. The summed E-state index contributed by atoms with van der Waals surface area (Å²) in [5.41, 5.74) is 14.7. The van der Waals surface area contributed by atoms with E-state index in [4.69, 9.17) is 0 Å². The molecule has 0 fully saturated rings. The van der Waals surface area contributed by atoms with E-state index in [1.165, 1.54) is 74.0 Å². The predicted molar refractivity (Wildman–Crippen MR) is 145 cm³/mol. The summed E-state index contributed by atoms with van der Waals surface area (Å²) >= 11 is 0. The summed E-state index contributed by atoms with van der Waals surface area (Å²) in [6, 6.07) is 29.3. The van der Waals surface area contributed by atoms with E-state index in [1.54, 1.807) is 0 Å². The number of unbranched alkanes of at least 4 members (excludes halogenated alkanes) is 1. The second kappa shape index (κ2) is 8.94. The molecule has 1 heterocycles. The molecule has 0 aliphatic carbocycles. The van der Waals surface area contributed by atoms with Crippen LogP contribution in [0.4, 0.5) is 5.69 Å². The Morgan fingerprint density at radius 3 is 2.12 bits per heavy atom. The van der Waals surface area contributed by atoms with Gasteiger partial charge in [-0.05, 0) is 73.4 Å². The molecule has 0 amide bonds. The van der Waals surface area contributed by atoms with Crippen molar-refractivity contribution in [1.29, 1.82) is 0 Å². The monoisotopic (exact) mass is 429 g/mol. The highest BCUT2D eigenvalue weighted by Gasteiger charge is 2.33. The highest BCUT2D eigenvalue weighted by atomic mass is 14.8. The van der Waals surface area contributed by atoms with Crippen molar-refractivity contribution < 1.29 is 0 Å². The first kappa shape index (κ1) is 21.6. The fourth-order valence-electron chi connectivity index (χ4n) is 5.53. The molecule has 1 aliphatic rings. The number of benzene rings is 4. The van der Waals surface area contributed by atoms with Crippen molar-refractivity contribution in [2.75, 3.05) is 5.23 Å². The molecule has 0 radical (unpaired) electrons. The fraction of sp³-hybridized carbons (Fsp3) is 0.226. The summed E-state index contributed by atoms with van der Waals surface area (Å²) in [4.78, 5) is 0. The van der Waals surface area contributed by atoms with Crippen LogP contribution in [0.25, 0.3) is 22.3 Å². The van der Waals surface area contributed by atoms with Gasteiger partial charge in [-0.2, -0.15) is 0 Å². The largest absolute Gasteiger partial charge is 0.419 e. The van der Waals surface area contributed by atoms with Gasteiger partial charge in [-0.25, -0.2) is 0 Å². The van der Waals surface area contributed by atoms with Crippen molar-refractivity contribution in [2.45, 2.75) is 47.0 Å². The topological polar surface area (TPSA) is 12.0 Å². The van der Waals surface area contributed by atoms with Crippen LogP contribution < -0.4 is 16.2 Å². The summed E-state index contributed by atoms with van der Waals surface area (Å²) in [6.45, 7) is 9.09. The SMILES string of the molecule is CCCCc1cc(-c2ccccc2)c2c(c1)-c1ccccc1B(c1c(C)cc(C)cc1C)N2. The van der Waals surface area contributed by atoms with E-state index in [1.807, 2.05) is 0 Å². The molecule has 0 spiro atoms. The lowest BCUT2D eigenvalue weighted by Crippen LogP contribution is -2.54. The third-order valence-electron chi connectivity index (χ3n) is 6.98. The number of aryl methyl sites for hydroxylation is 4. The first-order valence-corrected chi connectivity index (χ1v) is 12.2. The Hall–Kier alpha value is -3.26. The number of nitrogens with one attached hydrogen (secondary N) is 1. The van der Waals surface area contributed by atoms with Gasteiger partial charge in [0.25, 0.3) is 0 Å². The predicted octanol–water partition coefficient (Wildman–Crippen LogP) is 6.82. The van der Waals surface area contributed by atoms with Crippen LogP contribution in [0.2, 0.25) is 0 Å². The zero-order valence-corrected chi connectivity index (χ0v) is 20.2. The Bertz CT molecular complexity index is 1270. The summed E-state index contributed by atoms with van der Waals surface area (Å²) in [5.74, 6) is 0. The molecule has 33 heavy (non-hydrogen) atoms. The minimum atomic E-state index is 0.137. The Morgan fingerprint density at radius 1 is 0.727 bits per heavy atom. The molecule has 1 N–H and O–H groups in total. The molecular weight excluding hydrogens is 397 g/mol. The molecule has 4 aromatic carbocycles. The minimum Gasteiger partial charge on any atom is -0.419 e. The lowest BCUT2D eigenvalue weighted by atomic mass is 9.45. The number of anilines is 1. The van der Waals surface area contributed by atoms with Crippen molar-refractivity contribution in [1.82, 2.24) is 0 Å². The summed E-state index contributed by atoms with van der Waals surface area (Å²) in [7, 11) is 0. The van der Waals surface area contributed by atoms with Gasteiger partial charge in [0.15, 0.2) is 0 Å². The van der Waals surface area contributed by atoms with Crippen LogP contribution in [0.5, 0.6) is 0 Å². The van der Waals surface area contributed by atoms with Gasteiger partial charge in [0, 0.05) is 16.8 Å². The van der Waals surface area contributed by atoms with Gasteiger partial charge in [-0.3, -0.25) is 0 Å². The molecular formula is C31H32BN. The van der Waals surface area contributed by atoms with Crippen LogP contribution >= 0.6 is 0 Å². The standard InChI is InChI=1S/C31H32BN/c1-5-6-12-24-19-27(25-13-8-7-9-14-25)31-28(20-24)26-15-10-11-16-29(26)32(33-31)30-22(3)17-21(2)18-23(30)4/h7-11,13-20,33H,5-6,12H2,1-4H3. The summed E-state index contributed by atoms with van der Waals surface area (Å²) in [5, 5.41) is 4.02. The van der Waals surface area contributed by atoms with Crippen molar-refractivity contribution >= 4 is 23.5 Å². The molecule has 1 nitrogen and oxygen atoms in total. The zero-order chi connectivity index (χ0) is 22.9. The van der Waals surface area contributed by atoms with Crippen LogP contribution in [0.15, 0.2) is 78.9 Å². The van der Waals surface area contributed by atoms with E-state index in [9.17, 15) is 0 Å². The summed E-state index contributed by atoms with van der Waals surface area (Å²) in [6.07, 6.45) is 3.54. The number of rotatable bonds is 5. The molecule has 5 rings (SSSR count). The fourth-order valence-corrected chi connectivity index (χ4v) is 5.53. The highest BCUT2D eigenvalue weighted by Crippen LogP contribution is 2.40. The maximum Gasteiger partial charge on any atom is 0.322 e. The van der Waals surface area contributed by atoms with Gasteiger partial charge in [0.05, 0.1) is 0 Å². The average Bonchev–Trinajstić information content (AvgIpc) is 2.82. The molecule has 1 aliphatic heterocycles. The Morgan fingerprint density at radius 2 is 1.39 bits per heavy atom. The quantitative estimate of drug-likeness (QED) is 0.343. The zero-order valence-electron chi connectivity index (χ0n) is 20.2. The Labute approximate surface area is 199 Å². The second-order valence-corrected chi connectivity index (χ2v) is 9.51. The Kier molecular flexibility index (Phi) is 5.85. The maximum absolute atomic E-state index is 4.02. The van der Waals surface area contributed by atoms with Crippen LogP contribution in [-0.4, -0.2) is 6.85 Å². The van der Waals surface area contributed by atoms with Crippen molar-refractivity contribution in [3.63, 3.8) is 0 Å². The molecule has 0 unspecified atom stereocenters. The molecule has 0 atom stereocenters. The van der Waals surface area contributed by atoms with Crippen molar-refractivity contribution in [3.8, 4) is 22.3 Å². The molecule has 4 aromatic rings. The molecule has 2 heteroatoms. The maximum atomic E-state index is 4.02. The third-order valence-corrected chi connectivity index (χ3v) is 6.98. The highest BCUT2D eigenvalue weighted by molar-refractivity contribution is 6.90. The van der Waals surface area contributed by atoms with Crippen LogP contribution in [0.3, 0.4) is 0 Å². The van der Waals surface area contributed by atoms with Gasteiger partial charge in [-0.1, -0.05) is 96.8 Å². The van der Waals surface area contributed by atoms with Gasteiger partial charge in [0.2, 0.25) is 0 Å². The average molecular weight is 429 g/mol. The molecule has 0 aromatic heterocycles. The lowest BCUT2D eigenvalue weighted by molar-refractivity contribution is 0.795. The smallest absolute Gasteiger partial charge is 0.322 e. The molecule has 0 saturated heterocycles. The van der Waals surface area contributed by atoms with Gasteiger partial charge >= 0.3 is 6.85 Å². The summed E-state index contributed by atoms with van der Waals surface area (Å²) < 4.78 is 0. The van der Waals surface area contributed by atoms with E-state index in [0.29, 0.717) is 0 Å². The molecule has 0 bridgehead atoms. The number of fused-ring (bicyclic) bond motifs is 3. The third kappa shape index (κ3) is 3.99. The van der Waals surface area contributed by atoms with Crippen LogP contribution in [0, 0.1) is 20.8 Å².